The van der Waals surface area contributed by atoms with E-state index in [1.807, 2.05) is 29.1 Å². The second-order valence-electron chi connectivity index (χ2n) is 6.33. The van der Waals surface area contributed by atoms with Gasteiger partial charge in [-0.05, 0) is 31.0 Å². The molecule has 0 unspecified atom stereocenters. The number of esters is 1. The summed E-state index contributed by atoms with van der Waals surface area (Å²) in [5.41, 5.74) is -0.000193. The molecule has 1 heterocycles. The predicted octanol–water partition coefficient (Wildman–Crippen LogP) is 3.35. The van der Waals surface area contributed by atoms with E-state index in [9.17, 15) is 9.59 Å². The molecule has 0 atom stereocenters. The lowest BCUT2D eigenvalue weighted by Gasteiger charge is -2.27. The lowest BCUT2D eigenvalue weighted by molar-refractivity contribution is -0.148. The van der Waals surface area contributed by atoms with Crippen molar-refractivity contribution >= 4 is 23.5 Å². The zero-order valence-electron chi connectivity index (χ0n) is 14.8. The summed E-state index contributed by atoms with van der Waals surface area (Å²) >= 11 is 6.39. The van der Waals surface area contributed by atoms with Crippen LogP contribution in [0.1, 0.15) is 36.0 Å². The van der Waals surface area contributed by atoms with Crippen molar-refractivity contribution < 1.29 is 19.1 Å². The molecule has 1 aliphatic rings. The summed E-state index contributed by atoms with van der Waals surface area (Å²) in [7, 11) is 2.82. The van der Waals surface area contributed by atoms with Crippen LogP contribution in [0.4, 0.5) is 0 Å². The van der Waals surface area contributed by atoms with E-state index in [2.05, 4.69) is 5.32 Å². The Hall–Kier alpha value is -2.47. The average molecular weight is 377 g/mol. The molecule has 26 heavy (non-hydrogen) atoms. The largest absolute Gasteiger partial charge is 0.496 e. The molecular formula is C19H21ClN2O4. The normalized spacial score (nSPS) is 15.5. The van der Waals surface area contributed by atoms with Crippen LogP contribution in [0.5, 0.6) is 5.75 Å². The maximum absolute atomic E-state index is 12.9. The number of ether oxygens (including phenoxy) is 2. The smallest absolute Gasteiger partial charge is 0.331 e. The molecule has 1 fully saturated rings. The van der Waals surface area contributed by atoms with Crippen molar-refractivity contribution in [3.63, 3.8) is 0 Å². The maximum Gasteiger partial charge on any atom is 0.331 e. The number of halogens is 1. The number of hydrogen-bond acceptors (Lipinski definition) is 4. The molecule has 138 valence electrons. The lowest BCUT2D eigenvalue weighted by Crippen LogP contribution is -2.53. The molecule has 7 heteroatoms. The van der Waals surface area contributed by atoms with Gasteiger partial charge < -0.3 is 19.4 Å². The fraction of sp³-hybridized carbons (Fsp3) is 0.368. The van der Waals surface area contributed by atoms with Crippen LogP contribution < -0.4 is 10.1 Å². The molecule has 0 bridgehead atoms. The summed E-state index contributed by atoms with van der Waals surface area (Å²) in [6, 6.07) is 7.02. The molecule has 1 amide bonds. The molecule has 0 aliphatic heterocycles. The lowest BCUT2D eigenvalue weighted by atomic mass is 9.97. The van der Waals surface area contributed by atoms with Gasteiger partial charge in [0.2, 0.25) is 0 Å². The Kier molecular flexibility index (Phi) is 5.23. The third-order valence-electron chi connectivity index (χ3n) is 4.78. The van der Waals surface area contributed by atoms with Crippen molar-refractivity contribution in [2.75, 3.05) is 14.2 Å². The quantitative estimate of drug-likeness (QED) is 0.812. The molecule has 1 aromatic carbocycles. The van der Waals surface area contributed by atoms with Gasteiger partial charge in [-0.25, -0.2) is 4.79 Å². The van der Waals surface area contributed by atoms with Gasteiger partial charge in [-0.15, -0.1) is 0 Å². The monoisotopic (exact) mass is 376 g/mol. The van der Waals surface area contributed by atoms with Crippen molar-refractivity contribution in [2.24, 2.45) is 0 Å². The summed E-state index contributed by atoms with van der Waals surface area (Å²) in [5, 5.41) is 3.26. The van der Waals surface area contributed by atoms with E-state index < -0.39 is 17.4 Å². The second-order valence-corrected chi connectivity index (χ2v) is 6.74. The molecular weight excluding hydrogens is 356 g/mol. The van der Waals surface area contributed by atoms with Crippen LogP contribution in [-0.2, 0) is 9.53 Å². The molecule has 1 saturated carbocycles. The number of methoxy groups -OCH3 is 2. The van der Waals surface area contributed by atoms with Gasteiger partial charge >= 0.3 is 5.97 Å². The number of amides is 1. The van der Waals surface area contributed by atoms with Gasteiger partial charge in [-0.3, -0.25) is 4.79 Å². The highest BCUT2D eigenvalue weighted by molar-refractivity contribution is 6.33. The molecule has 0 saturated heterocycles. The van der Waals surface area contributed by atoms with Crippen LogP contribution in [-0.4, -0.2) is 36.2 Å². The highest BCUT2D eigenvalue weighted by atomic mass is 35.5. The summed E-state index contributed by atoms with van der Waals surface area (Å²) < 4.78 is 12.1. The average Bonchev–Trinajstić information content (AvgIpc) is 3.33. The molecule has 1 aromatic heterocycles. The molecule has 6 nitrogen and oxygen atoms in total. The van der Waals surface area contributed by atoms with Crippen molar-refractivity contribution in [3.8, 4) is 11.4 Å². The zero-order valence-corrected chi connectivity index (χ0v) is 15.5. The Morgan fingerprint density at radius 2 is 1.81 bits per heavy atom. The molecule has 0 radical (unpaired) electrons. The maximum atomic E-state index is 12.9. The minimum atomic E-state index is -0.984. The minimum absolute atomic E-state index is 0.281. The second kappa shape index (κ2) is 7.41. The first kappa shape index (κ1) is 18.3. The number of aromatic nitrogens is 1. The Balaban J connectivity index is 1.94. The Labute approximate surface area is 157 Å². The van der Waals surface area contributed by atoms with Crippen LogP contribution in [0.25, 0.3) is 5.69 Å². The predicted molar refractivity (Wildman–Crippen MR) is 98.0 cm³/mol. The van der Waals surface area contributed by atoms with E-state index >= 15 is 0 Å². The summed E-state index contributed by atoms with van der Waals surface area (Å²) in [6.07, 6.45) is 6.54. The number of nitrogens with zero attached hydrogens (tertiary/aromatic N) is 1. The van der Waals surface area contributed by atoms with Gasteiger partial charge in [0.15, 0.2) is 0 Å². The van der Waals surface area contributed by atoms with Gasteiger partial charge in [-0.1, -0.05) is 24.4 Å². The zero-order chi connectivity index (χ0) is 18.7. The van der Waals surface area contributed by atoms with E-state index in [1.165, 1.54) is 14.2 Å². The van der Waals surface area contributed by atoms with Gasteiger partial charge in [0.1, 0.15) is 11.3 Å². The van der Waals surface area contributed by atoms with Crippen molar-refractivity contribution in [2.45, 2.75) is 31.2 Å². The minimum Gasteiger partial charge on any atom is -0.496 e. The third-order valence-corrected chi connectivity index (χ3v) is 5.08. The van der Waals surface area contributed by atoms with Crippen molar-refractivity contribution in [1.29, 1.82) is 0 Å². The van der Waals surface area contributed by atoms with Crippen molar-refractivity contribution in [1.82, 2.24) is 9.88 Å². The van der Waals surface area contributed by atoms with E-state index in [-0.39, 0.29) is 5.56 Å². The standard InChI is InChI=1S/C19H21ClN2O4/c1-25-16-12-15(22-9-5-6-10-22)14(20)11-13(16)17(23)21-19(18(24)26-2)7-3-4-8-19/h5-6,9-12H,3-4,7-8H2,1-2H3,(H,21,23). The first-order chi connectivity index (χ1) is 12.5. The number of carbonyl (C=O) groups excluding carboxylic acids is 2. The van der Waals surface area contributed by atoms with Crippen LogP contribution in [0, 0.1) is 0 Å². The number of nitrogens with one attached hydrogen (secondary N) is 1. The number of carbonyl (C=O) groups is 2. The van der Waals surface area contributed by atoms with Crippen LogP contribution >= 0.6 is 11.6 Å². The van der Waals surface area contributed by atoms with Crippen LogP contribution in [0.2, 0.25) is 5.02 Å². The highest BCUT2D eigenvalue weighted by Crippen LogP contribution is 2.34. The van der Waals surface area contributed by atoms with Gasteiger partial charge in [-0.2, -0.15) is 0 Å². The summed E-state index contributed by atoms with van der Waals surface area (Å²) in [6.45, 7) is 0. The topological polar surface area (TPSA) is 69.6 Å². The molecule has 0 spiro atoms. The fourth-order valence-corrected chi connectivity index (χ4v) is 3.68. The number of benzene rings is 1. The van der Waals surface area contributed by atoms with Gasteiger partial charge in [0.25, 0.3) is 5.91 Å². The number of rotatable bonds is 5. The highest BCUT2D eigenvalue weighted by Gasteiger charge is 2.44. The Morgan fingerprint density at radius 1 is 1.15 bits per heavy atom. The van der Waals surface area contributed by atoms with Crippen LogP contribution in [0.15, 0.2) is 36.7 Å². The van der Waals surface area contributed by atoms with Gasteiger partial charge in [0.05, 0.1) is 30.5 Å². The Morgan fingerprint density at radius 3 is 2.38 bits per heavy atom. The first-order valence-corrected chi connectivity index (χ1v) is 8.80. The first-order valence-electron chi connectivity index (χ1n) is 8.42. The number of hydrogen-bond donors (Lipinski definition) is 1. The van der Waals surface area contributed by atoms with Crippen molar-refractivity contribution in [3.05, 3.63) is 47.2 Å². The fourth-order valence-electron chi connectivity index (χ4n) is 3.42. The summed E-state index contributed by atoms with van der Waals surface area (Å²) in [5.74, 6) is -0.443. The summed E-state index contributed by atoms with van der Waals surface area (Å²) in [4.78, 5) is 25.1. The Bertz CT molecular complexity index is 811. The SMILES string of the molecule is COC(=O)C1(NC(=O)c2cc(Cl)c(-n3cccc3)cc2OC)CCCC1. The van der Waals surface area contributed by atoms with E-state index in [4.69, 9.17) is 21.1 Å². The van der Waals surface area contributed by atoms with Crippen LogP contribution in [0.3, 0.4) is 0 Å². The van der Waals surface area contributed by atoms with E-state index in [0.717, 1.165) is 12.8 Å². The molecule has 3 rings (SSSR count). The molecule has 1 aliphatic carbocycles. The van der Waals surface area contributed by atoms with E-state index in [0.29, 0.717) is 29.3 Å². The van der Waals surface area contributed by atoms with Gasteiger partial charge in [0, 0.05) is 18.5 Å². The van der Waals surface area contributed by atoms with E-state index in [1.54, 1.807) is 12.1 Å². The molecule has 1 N–H and O–H groups in total. The molecule has 2 aromatic rings. The third kappa shape index (κ3) is 3.29.